The second-order valence-corrected chi connectivity index (χ2v) is 30.0. The Bertz CT molecular complexity index is 1790. The van der Waals surface area contributed by atoms with E-state index < -0.39 is 97.5 Å². The third kappa shape index (κ3) is 62.2. The standard InChI is InChI=1S/C71H138O17P2/c1-9-63(7)49-41-33-24-21-22-26-37-45-53-70(75)87-66(57-81-68(73)51-43-35-25-20-18-16-14-12-11-13-15-17-19-23-31-39-47-61(3)4)59-85-89(77,78)83-55-65(72)56-84-90(79,80)86-60-67(58-82-69(74)52-44-36-29-27-32-40-48-62(5)6)88-71(76)54-46-38-30-28-34-42-50-64(8)10-2/h61-67,72H,9-60H2,1-8H3,(H,77,78)(H,79,80)/t63?,64?,65-,66-,67-/m1/s1. The SMILES string of the molecule is CCC(C)CCCCCCCCCCC(=O)O[C@H](COC(=O)CCCCCCCCCCCCCCCCCCC(C)C)COP(=O)(O)OC[C@@H](O)COP(=O)(O)OC[C@@H](COC(=O)CCCCCCCCC(C)C)OC(=O)CCCCCCCCC(C)CC. The lowest BCUT2D eigenvalue weighted by molar-refractivity contribution is -0.161. The van der Waals surface area contributed by atoms with Gasteiger partial charge in [-0.15, -0.1) is 0 Å². The van der Waals surface area contributed by atoms with Gasteiger partial charge in [0.15, 0.2) is 12.2 Å². The van der Waals surface area contributed by atoms with Gasteiger partial charge in [-0.2, -0.15) is 0 Å². The number of phosphoric ester groups is 2. The van der Waals surface area contributed by atoms with Gasteiger partial charge in [-0.3, -0.25) is 37.3 Å². The van der Waals surface area contributed by atoms with Crippen molar-refractivity contribution in [1.29, 1.82) is 0 Å². The zero-order chi connectivity index (χ0) is 66.8. The summed E-state index contributed by atoms with van der Waals surface area (Å²) in [5.74, 6) is 0.847. The summed E-state index contributed by atoms with van der Waals surface area (Å²) in [4.78, 5) is 72.5. The monoisotopic (exact) mass is 1320 g/mol. The van der Waals surface area contributed by atoms with Gasteiger partial charge in [0.1, 0.15) is 19.3 Å². The third-order valence-electron chi connectivity index (χ3n) is 17.0. The molecule has 0 amide bonds. The van der Waals surface area contributed by atoms with E-state index in [9.17, 15) is 43.2 Å². The number of aliphatic hydroxyl groups is 1. The molecule has 0 aromatic carbocycles. The van der Waals surface area contributed by atoms with Crippen molar-refractivity contribution < 1.29 is 80.2 Å². The summed E-state index contributed by atoms with van der Waals surface area (Å²) in [6.45, 7) is 14.0. The Morgan fingerprint density at radius 2 is 0.533 bits per heavy atom. The fraction of sp³-hybridized carbons (Fsp3) is 0.944. The highest BCUT2D eigenvalue weighted by Crippen LogP contribution is 2.45. The molecule has 7 atom stereocenters. The number of hydrogen-bond acceptors (Lipinski definition) is 15. The van der Waals surface area contributed by atoms with Gasteiger partial charge in [0, 0.05) is 25.7 Å². The van der Waals surface area contributed by atoms with E-state index in [-0.39, 0.29) is 25.7 Å². The molecule has 0 aromatic rings. The van der Waals surface area contributed by atoms with Gasteiger partial charge in [-0.25, -0.2) is 9.13 Å². The lowest BCUT2D eigenvalue weighted by atomic mass is 9.99. The fourth-order valence-corrected chi connectivity index (χ4v) is 12.2. The van der Waals surface area contributed by atoms with Crippen molar-refractivity contribution in [2.75, 3.05) is 39.6 Å². The molecule has 0 aliphatic heterocycles. The molecule has 0 bridgehead atoms. The zero-order valence-electron chi connectivity index (χ0n) is 58.8. The first-order valence-corrected chi connectivity index (χ1v) is 39.8. The zero-order valence-corrected chi connectivity index (χ0v) is 60.6. The molecule has 90 heavy (non-hydrogen) atoms. The normalized spacial score (nSPS) is 14.9. The lowest BCUT2D eigenvalue weighted by Gasteiger charge is -2.21. The number of rotatable bonds is 68. The Morgan fingerprint density at radius 3 is 0.789 bits per heavy atom. The van der Waals surface area contributed by atoms with E-state index in [0.717, 1.165) is 114 Å². The van der Waals surface area contributed by atoms with Crippen molar-refractivity contribution >= 4 is 39.5 Å². The van der Waals surface area contributed by atoms with Crippen molar-refractivity contribution in [3.8, 4) is 0 Å². The summed E-state index contributed by atoms with van der Waals surface area (Å²) in [6.07, 6.45) is 43.3. The Labute approximate surface area is 549 Å². The second-order valence-electron chi connectivity index (χ2n) is 27.1. The van der Waals surface area contributed by atoms with E-state index in [0.29, 0.717) is 31.6 Å². The van der Waals surface area contributed by atoms with E-state index in [1.165, 1.54) is 148 Å². The highest BCUT2D eigenvalue weighted by Gasteiger charge is 2.30. The van der Waals surface area contributed by atoms with Gasteiger partial charge in [-0.1, -0.05) is 299 Å². The highest BCUT2D eigenvalue weighted by atomic mass is 31.2. The largest absolute Gasteiger partial charge is 0.472 e. The van der Waals surface area contributed by atoms with Crippen LogP contribution in [0.15, 0.2) is 0 Å². The van der Waals surface area contributed by atoms with Crippen LogP contribution in [0.4, 0.5) is 0 Å². The molecule has 0 spiro atoms. The van der Waals surface area contributed by atoms with Crippen LogP contribution in [0.3, 0.4) is 0 Å². The molecule has 0 saturated heterocycles. The summed E-state index contributed by atoms with van der Waals surface area (Å²) < 4.78 is 68.2. The summed E-state index contributed by atoms with van der Waals surface area (Å²) in [7, 11) is -9.90. The second kappa shape index (κ2) is 60.7. The first-order chi connectivity index (χ1) is 43.2. The Morgan fingerprint density at radius 1 is 0.311 bits per heavy atom. The predicted molar refractivity (Wildman–Crippen MR) is 363 cm³/mol. The van der Waals surface area contributed by atoms with Crippen molar-refractivity contribution in [1.82, 2.24) is 0 Å². The number of ether oxygens (including phenoxy) is 4. The molecule has 0 aliphatic rings. The van der Waals surface area contributed by atoms with Gasteiger partial charge in [0.25, 0.3) is 0 Å². The summed E-state index contributed by atoms with van der Waals surface area (Å²) >= 11 is 0. The van der Waals surface area contributed by atoms with Crippen LogP contribution in [-0.2, 0) is 65.4 Å². The van der Waals surface area contributed by atoms with E-state index in [2.05, 4.69) is 55.4 Å². The minimum absolute atomic E-state index is 0.101. The maximum Gasteiger partial charge on any atom is 0.472 e. The van der Waals surface area contributed by atoms with Gasteiger partial charge in [-0.05, 0) is 49.4 Å². The Hall–Kier alpha value is -1.94. The van der Waals surface area contributed by atoms with Gasteiger partial charge in [0.05, 0.1) is 26.4 Å². The quantitative estimate of drug-likeness (QED) is 0.0222. The van der Waals surface area contributed by atoms with Crippen LogP contribution in [0.25, 0.3) is 0 Å². The van der Waals surface area contributed by atoms with Crippen molar-refractivity contribution in [2.24, 2.45) is 23.7 Å². The van der Waals surface area contributed by atoms with E-state index in [1.54, 1.807) is 0 Å². The van der Waals surface area contributed by atoms with E-state index in [1.807, 2.05) is 0 Å². The molecule has 0 aromatic heterocycles. The molecule has 0 aliphatic carbocycles. The van der Waals surface area contributed by atoms with Crippen LogP contribution < -0.4 is 0 Å². The number of carbonyl (C=O) groups is 4. The van der Waals surface area contributed by atoms with Crippen molar-refractivity contribution in [2.45, 2.75) is 369 Å². The van der Waals surface area contributed by atoms with Gasteiger partial charge < -0.3 is 33.8 Å². The minimum atomic E-state index is -4.95. The topological polar surface area (TPSA) is 237 Å². The highest BCUT2D eigenvalue weighted by molar-refractivity contribution is 7.47. The third-order valence-corrected chi connectivity index (χ3v) is 18.9. The fourth-order valence-electron chi connectivity index (χ4n) is 10.6. The molecule has 4 unspecified atom stereocenters. The average molecular weight is 1330 g/mol. The number of aliphatic hydroxyl groups excluding tert-OH is 1. The number of unbranched alkanes of at least 4 members (excludes halogenated alkanes) is 32. The number of esters is 4. The van der Waals surface area contributed by atoms with Crippen LogP contribution >= 0.6 is 15.6 Å². The maximum atomic E-state index is 13.0. The van der Waals surface area contributed by atoms with Crippen molar-refractivity contribution in [3.05, 3.63) is 0 Å². The van der Waals surface area contributed by atoms with Crippen LogP contribution in [0.5, 0.6) is 0 Å². The molecule has 19 heteroatoms. The minimum Gasteiger partial charge on any atom is -0.462 e. The molecule has 0 heterocycles. The van der Waals surface area contributed by atoms with Crippen LogP contribution in [0.2, 0.25) is 0 Å². The average Bonchev–Trinajstić information content (AvgIpc) is 2.89. The molecule has 3 N–H and O–H groups in total. The van der Waals surface area contributed by atoms with Gasteiger partial charge in [0.2, 0.25) is 0 Å². The van der Waals surface area contributed by atoms with Gasteiger partial charge >= 0.3 is 39.5 Å². The smallest absolute Gasteiger partial charge is 0.462 e. The Balaban J connectivity index is 5.19. The molecular weight excluding hydrogens is 1190 g/mol. The predicted octanol–water partition coefficient (Wildman–Crippen LogP) is 20.1. The molecule has 17 nitrogen and oxygen atoms in total. The molecule has 0 fully saturated rings. The summed E-state index contributed by atoms with van der Waals surface area (Å²) in [5, 5.41) is 10.6. The van der Waals surface area contributed by atoms with E-state index >= 15 is 0 Å². The first kappa shape index (κ1) is 88.1. The molecular formula is C71H138O17P2. The number of hydrogen-bond donors (Lipinski definition) is 3. The molecule has 0 saturated carbocycles. The van der Waals surface area contributed by atoms with Crippen LogP contribution in [-0.4, -0.2) is 96.7 Å². The Kier molecular flexibility index (Phi) is 59.4. The number of phosphoric acid groups is 2. The lowest BCUT2D eigenvalue weighted by Crippen LogP contribution is -2.30. The molecule has 0 radical (unpaired) electrons. The number of carbonyl (C=O) groups excluding carboxylic acids is 4. The maximum absolute atomic E-state index is 13.0. The first-order valence-electron chi connectivity index (χ1n) is 36.8. The van der Waals surface area contributed by atoms with E-state index in [4.69, 9.17) is 37.0 Å². The molecule has 534 valence electrons. The van der Waals surface area contributed by atoms with Crippen molar-refractivity contribution in [3.63, 3.8) is 0 Å². The van der Waals surface area contributed by atoms with Crippen LogP contribution in [0.1, 0.15) is 351 Å². The molecule has 0 rings (SSSR count). The van der Waals surface area contributed by atoms with Crippen LogP contribution in [0, 0.1) is 23.7 Å². The summed E-state index contributed by atoms with van der Waals surface area (Å²) in [6, 6.07) is 0. The summed E-state index contributed by atoms with van der Waals surface area (Å²) in [5.41, 5.74) is 0.